The summed E-state index contributed by atoms with van der Waals surface area (Å²) >= 11 is 0. The Hall–Kier alpha value is -3.26. The van der Waals surface area contributed by atoms with Gasteiger partial charge < -0.3 is 19.4 Å². The average Bonchev–Trinajstić information content (AvgIpc) is 3.44. The molecule has 1 amide bonds. The van der Waals surface area contributed by atoms with Gasteiger partial charge in [0.1, 0.15) is 17.0 Å². The Morgan fingerprint density at radius 2 is 1.91 bits per heavy atom. The van der Waals surface area contributed by atoms with Gasteiger partial charge in [-0.15, -0.1) is 0 Å². The average molecular weight is 461 g/mol. The number of nitrogens with zero attached hydrogens (tertiary/aromatic N) is 5. The first-order valence-electron chi connectivity index (χ1n) is 12.0. The quantitative estimate of drug-likeness (QED) is 0.488. The molecule has 5 heterocycles. The number of carbonyl (C=O) groups excluding carboxylic acids is 1. The monoisotopic (exact) mass is 460 g/mol. The van der Waals surface area contributed by atoms with E-state index in [1.54, 1.807) is 6.20 Å². The number of rotatable bonds is 3. The highest BCUT2D eigenvalue weighted by Crippen LogP contribution is 2.35. The van der Waals surface area contributed by atoms with Crippen molar-refractivity contribution in [1.82, 2.24) is 29.3 Å². The molecule has 0 saturated carbocycles. The van der Waals surface area contributed by atoms with Gasteiger partial charge in [0, 0.05) is 54.6 Å². The van der Waals surface area contributed by atoms with E-state index >= 15 is 4.39 Å². The van der Waals surface area contributed by atoms with Gasteiger partial charge in [-0.2, -0.15) is 0 Å². The molecule has 0 aliphatic carbocycles. The second kappa shape index (κ2) is 7.63. The maximum absolute atomic E-state index is 15.1. The Bertz CT molecular complexity index is 1420. The molecule has 3 aromatic heterocycles. The number of carbonyl (C=O) groups is 1. The van der Waals surface area contributed by atoms with Crippen molar-refractivity contribution >= 4 is 28.0 Å². The number of halogens is 1. The molecule has 6 rings (SSSR count). The number of hydrogen-bond donors (Lipinski definition) is 1. The molecule has 2 atom stereocenters. The Balaban J connectivity index is 1.44. The van der Waals surface area contributed by atoms with E-state index in [1.807, 2.05) is 29.8 Å². The summed E-state index contributed by atoms with van der Waals surface area (Å²) in [6.45, 7) is 7.86. The number of H-pyrrole nitrogens is 1. The van der Waals surface area contributed by atoms with E-state index in [0.717, 1.165) is 53.8 Å². The molecule has 34 heavy (non-hydrogen) atoms. The van der Waals surface area contributed by atoms with Crippen LogP contribution in [0.25, 0.3) is 33.2 Å². The molecule has 0 radical (unpaired) electrons. The van der Waals surface area contributed by atoms with Crippen molar-refractivity contribution in [3.63, 3.8) is 0 Å². The second-order valence-corrected chi connectivity index (χ2v) is 10.1. The van der Waals surface area contributed by atoms with E-state index in [-0.39, 0.29) is 29.8 Å². The fraction of sp³-hybridized carbons (Fsp3) is 0.423. The first kappa shape index (κ1) is 21.3. The van der Waals surface area contributed by atoms with Crippen LogP contribution in [0.2, 0.25) is 0 Å². The van der Waals surface area contributed by atoms with Crippen molar-refractivity contribution in [2.45, 2.75) is 51.7 Å². The number of benzene rings is 1. The van der Waals surface area contributed by atoms with Crippen LogP contribution in [0.4, 0.5) is 4.39 Å². The summed E-state index contributed by atoms with van der Waals surface area (Å²) < 4.78 is 17.2. The predicted molar refractivity (Wildman–Crippen MR) is 130 cm³/mol. The summed E-state index contributed by atoms with van der Waals surface area (Å²) in [6, 6.07) is 6.09. The van der Waals surface area contributed by atoms with Gasteiger partial charge in [-0.25, -0.2) is 14.4 Å². The molecule has 2 fully saturated rings. The molecule has 2 aliphatic heterocycles. The number of pyridine rings is 1. The van der Waals surface area contributed by atoms with Gasteiger partial charge in [0.15, 0.2) is 5.82 Å². The van der Waals surface area contributed by atoms with Crippen LogP contribution in [0.1, 0.15) is 48.9 Å². The molecule has 0 spiro atoms. The largest absolute Gasteiger partial charge is 0.346 e. The molecular weight excluding hydrogens is 431 g/mol. The fourth-order valence-electron chi connectivity index (χ4n) is 6.03. The molecule has 2 aliphatic rings. The summed E-state index contributed by atoms with van der Waals surface area (Å²) in [4.78, 5) is 30.1. The van der Waals surface area contributed by atoms with Gasteiger partial charge in [-0.05, 0) is 64.4 Å². The smallest absolute Gasteiger partial charge is 0.256 e. The van der Waals surface area contributed by atoms with Gasteiger partial charge in [0.25, 0.3) is 5.91 Å². The van der Waals surface area contributed by atoms with Crippen molar-refractivity contribution in [3.05, 3.63) is 47.8 Å². The number of likely N-dealkylation sites (tertiary alicyclic amines) is 1. The highest BCUT2D eigenvalue weighted by atomic mass is 19.1. The Morgan fingerprint density at radius 3 is 2.62 bits per heavy atom. The molecule has 2 bridgehead atoms. The van der Waals surface area contributed by atoms with Crippen molar-refractivity contribution in [3.8, 4) is 11.1 Å². The zero-order chi connectivity index (χ0) is 23.7. The van der Waals surface area contributed by atoms with Crippen molar-refractivity contribution in [1.29, 1.82) is 0 Å². The van der Waals surface area contributed by atoms with Crippen molar-refractivity contribution in [2.24, 2.45) is 0 Å². The number of piperazine rings is 1. The van der Waals surface area contributed by atoms with Crippen LogP contribution in [-0.2, 0) is 0 Å². The second-order valence-electron chi connectivity index (χ2n) is 10.1. The lowest BCUT2D eigenvalue weighted by atomic mass is 10.0. The molecule has 176 valence electrons. The lowest BCUT2D eigenvalue weighted by Crippen LogP contribution is -2.54. The van der Waals surface area contributed by atoms with Crippen LogP contribution < -0.4 is 0 Å². The van der Waals surface area contributed by atoms with Crippen LogP contribution in [-0.4, -0.2) is 67.4 Å². The van der Waals surface area contributed by atoms with E-state index in [2.05, 4.69) is 45.6 Å². The van der Waals surface area contributed by atoms with Crippen molar-refractivity contribution in [2.75, 3.05) is 20.1 Å². The molecule has 1 N–H and O–H groups in total. The number of likely N-dealkylation sites (N-methyl/N-ethyl adjacent to an activating group) is 1. The first-order chi connectivity index (χ1) is 16.3. The van der Waals surface area contributed by atoms with Gasteiger partial charge >= 0.3 is 0 Å². The number of imidazole rings is 1. The number of nitrogens with one attached hydrogen (secondary N) is 1. The Morgan fingerprint density at radius 1 is 1.18 bits per heavy atom. The van der Waals surface area contributed by atoms with Crippen LogP contribution in [0, 0.1) is 12.7 Å². The van der Waals surface area contributed by atoms with E-state index in [9.17, 15) is 4.79 Å². The van der Waals surface area contributed by atoms with Gasteiger partial charge in [-0.1, -0.05) is 0 Å². The van der Waals surface area contributed by atoms with Gasteiger partial charge in [0.2, 0.25) is 0 Å². The minimum atomic E-state index is -0.349. The lowest BCUT2D eigenvalue weighted by Gasteiger charge is -2.39. The number of aromatic amines is 1. The topological polar surface area (TPSA) is 70.1 Å². The molecule has 7 nitrogen and oxygen atoms in total. The standard InChI is InChI=1S/C26H29FN6O/c1-14(2)32-15(3)30-24-22(27)8-16(9-23(24)32)21-11-29-25-20(21)7-17(10-28-25)26(34)33-18-5-6-19(33)13-31(4)12-18/h7-11,14,18-19H,5-6,12-13H2,1-4H3,(H,28,29). The number of aromatic nitrogens is 4. The van der Waals surface area contributed by atoms with E-state index < -0.39 is 0 Å². The van der Waals surface area contributed by atoms with E-state index in [1.165, 1.54) is 6.07 Å². The lowest BCUT2D eigenvalue weighted by molar-refractivity contribution is 0.0472. The normalized spacial score (nSPS) is 20.8. The SMILES string of the molecule is Cc1nc2c(F)cc(-c3c[nH]c4ncc(C(=O)N5C6CCC5CN(C)C6)cc34)cc2n1C(C)C. The van der Waals surface area contributed by atoms with Gasteiger partial charge in [-0.3, -0.25) is 4.79 Å². The molecule has 1 aromatic carbocycles. The van der Waals surface area contributed by atoms with Crippen molar-refractivity contribution < 1.29 is 9.18 Å². The third-order valence-electron chi connectivity index (χ3n) is 7.43. The summed E-state index contributed by atoms with van der Waals surface area (Å²) in [5.41, 5.74) is 3.99. The third kappa shape index (κ3) is 3.15. The number of fused-ring (bicyclic) bond motifs is 4. The molecular formula is C26H29FN6O. The van der Waals surface area contributed by atoms with Crippen LogP contribution in [0.15, 0.2) is 30.6 Å². The fourth-order valence-corrected chi connectivity index (χ4v) is 6.03. The highest BCUT2D eigenvalue weighted by molar-refractivity contribution is 6.02. The van der Waals surface area contributed by atoms with Crippen LogP contribution >= 0.6 is 0 Å². The summed E-state index contributed by atoms with van der Waals surface area (Å²) in [7, 11) is 2.12. The summed E-state index contributed by atoms with van der Waals surface area (Å²) in [6.07, 6.45) is 5.60. The maximum Gasteiger partial charge on any atom is 0.256 e. The summed E-state index contributed by atoms with van der Waals surface area (Å²) in [5, 5.41) is 0.818. The molecule has 4 aromatic rings. The molecule has 2 saturated heterocycles. The predicted octanol–water partition coefficient (Wildman–Crippen LogP) is 4.53. The third-order valence-corrected chi connectivity index (χ3v) is 7.43. The minimum Gasteiger partial charge on any atom is -0.346 e. The molecule has 8 heteroatoms. The highest BCUT2D eigenvalue weighted by Gasteiger charge is 2.41. The maximum atomic E-state index is 15.1. The molecule has 2 unspecified atom stereocenters. The number of amides is 1. The minimum absolute atomic E-state index is 0.0392. The Kier molecular flexibility index (Phi) is 4.78. The zero-order valence-electron chi connectivity index (χ0n) is 20.0. The van der Waals surface area contributed by atoms with Crippen LogP contribution in [0.3, 0.4) is 0 Å². The van der Waals surface area contributed by atoms with E-state index in [0.29, 0.717) is 16.7 Å². The summed E-state index contributed by atoms with van der Waals surface area (Å²) in [5.74, 6) is 0.479. The Labute approximate surface area is 197 Å². The zero-order valence-corrected chi connectivity index (χ0v) is 20.0. The van der Waals surface area contributed by atoms with Crippen LogP contribution in [0.5, 0.6) is 0 Å². The van der Waals surface area contributed by atoms with E-state index in [4.69, 9.17) is 0 Å². The van der Waals surface area contributed by atoms with Gasteiger partial charge in [0.05, 0.1) is 11.1 Å². The number of aryl methyl sites for hydroxylation is 1. The first-order valence-corrected chi connectivity index (χ1v) is 12.0. The number of hydrogen-bond acceptors (Lipinski definition) is 4.